The van der Waals surface area contributed by atoms with Gasteiger partial charge >= 0.3 is 0 Å². The van der Waals surface area contributed by atoms with Gasteiger partial charge in [-0.25, -0.2) is 0 Å². The summed E-state index contributed by atoms with van der Waals surface area (Å²) in [6, 6.07) is 8.54. The molecule has 2 nitrogen and oxygen atoms in total. The molecule has 4 heteroatoms. The van der Waals surface area contributed by atoms with Crippen LogP contribution in [0.15, 0.2) is 24.3 Å². The molecule has 0 aliphatic carbocycles. The van der Waals surface area contributed by atoms with Crippen LogP contribution in [0.5, 0.6) is 0 Å². The lowest BCUT2D eigenvalue weighted by Crippen LogP contribution is -2.56. The number of benzene rings is 1. The van der Waals surface area contributed by atoms with Gasteiger partial charge in [0.15, 0.2) is 0 Å². The van der Waals surface area contributed by atoms with Gasteiger partial charge in [0.1, 0.15) is 15.7 Å². The maximum Gasteiger partial charge on any atom is 0.119 e. The molecule has 0 amide bonds. The minimum atomic E-state index is 0.111. The van der Waals surface area contributed by atoms with Crippen molar-refractivity contribution in [2.24, 2.45) is 0 Å². The summed E-state index contributed by atoms with van der Waals surface area (Å²) < 4.78 is 5.87. The maximum atomic E-state index is 5.87. The second-order valence-corrected chi connectivity index (χ2v) is 4.98. The van der Waals surface area contributed by atoms with Crippen molar-refractivity contribution in [2.75, 3.05) is 13.2 Å². The van der Waals surface area contributed by atoms with E-state index in [0.717, 1.165) is 13.2 Å². The zero-order valence-electron chi connectivity index (χ0n) is 9.71. The molecule has 0 saturated carbocycles. The van der Waals surface area contributed by atoms with Crippen LogP contribution in [0, 0.1) is 6.92 Å². The van der Waals surface area contributed by atoms with E-state index in [1.807, 2.05) is 0 Å². The Morgan fingerprint density at radius 1 is 1.47 bits per heavy atom. The van der Waals surface area contributed by atoms with E-state index >= 15 is 0 Å². The van der Waals surface area contributed by atoms with Crippen LogP contribution >= 0.6 is 0 Å². The summed E-state index contributed by atoms with van der Waals surface area (Å²) in [6.45, 7) is 3.78. The molecule has 1 aliphatic heterocycles. The van der Waals surface area contributed by atoms with E-state index in [0.29, 0.717) is 0 Å². The third kappa shape index (κ3) is 2.64. The number of rotatable bonds is 1. The molecule has 0 spiro atoms. The van der Waals surface area contributed by atoms with Gasteiger partial charge in [0.2, 0.25) is 0 Å². The number of hydrogen-bond donors (Lipinski definition) is 1. The van der Waals surface area contributed by atoms with E-state index in [1.165, 1.54) is 11.1 Å². The van der Waals surface area contributed by atoms with Crippen LogP contribution in [0.4, 0.5) is 0 Å². The fourth-order valence-electron chi connectivity index (χ4n) is 1.87. The molecule has 78 valence electrons. The topological polar surface area (TPSA) is 21.3 Å². The van der Waals surface area contributed by atoms with Crippen molar-refractivity contribution in [2.45, 2.75) is 18.4 Å². The van der Waals surface area contributed by atoms with E-state index in [1.54, 1.807) is 0 Å². The highest BCUT2D eigenvalue weighted by Gasteiger charge is 2.27. The van der Waals surface area contributed by atoms with Gasteiger partial charge in [-0.15, -0.1) is 0 Å². The van der Waals surface area contributed by atoms with Crippen LogP contribution in [0.25, 0.3) is 0 Å². The second-order valence-electron chi connectivity index (χ2n) is 4.98. The normalized spacial score (nSPS) is 25.0. The molecule has 1 aromatic rings. The van der Waals surface area contributed by atoms with Crippen LogP contribution in [0.2, 0.25) is 0 Å². The van der Waals surface area contributed by atoms with Crippen molar-refractivity contribution < 1.29 is 4.74 Å². The highest BCUT2D eigenvalue weighted by Crippen LogP contribution is 2.22. The molecule has 15 heavy (non-hydrogen) atoms. The molecule has 1 saturated heterocycles. The molecule has 2 rings (SSSR count). The number of aryl methyl sites for hydroxylation is 1. The van der Waals surface area contributed by atoms with Gasteiger partial charge in [-0.3, -0.25) is 0 Å². The summed E-state index contributed by atoms with van der Waals surface area (Å²) >= 11 is 0. The maximum absolute atomic E-state index is 5.87. The first-order chi connectivity index (χ1) is 7.07. The van der Waals surface area contributed by atoms with Gasteiger partial charge in [0.25, 0.3) is 0 Å². The zero-order chi connectivity index (χ0) is 10.9. The van der Waals surface area contributed by atoms with Gasteiger partial charge in [-0.2, -0.15) is 0 Å². The van der Waals surface area contributed by atoms with Gasteiger partial charge in [0, 0.05) is 6.54 Å². The highest BCUT2D eigenvalue weighted by atomic mass is 16.5. The number of nitrogens with one attached hydrogen (secondary N) is 1. The third-order valence-electron chi connectivity index (χ3n) is 2.83. The van der Waals surface area contributed by atoms with Gasteiger partial charge < -0.3 is 10.1 Å². The smallest absolute Gasteiger partial charge is 0.119 e. The van der Waals surface area contributed by atoms with Crippen LogP contribution in [0.1, 0.15) is 17.2 Å². The summed E-state index contributed by atoms with van der Waals surface area (Å²) in [7, 11) is 4.33. The Bertz CT molecular complexity index is 344. The summed E-state index contributed by atoms with van der Waals surface area (Å²) in [4.78, 5) is 0. The van der Waals surface area contributed by atoms with Crippen molar-refractivity contribution in [1.29, 1.82) is 0 Å². The molecule has 0 aromatic heterocycles. The van der Waals surface area contributed by atoms with Crippen LogP contribution < -0.4 is 5.32 Å². The van der Waals surface area contributed by atoms with Crippen molar-refractivity contribution in [1.82, 2.24) is 5.32 Å². The Hall–Kier alpha value is -0.730. The van der Waals surface area contributed by atoms with Crippen molar-refractivity contribution in [3.8, 4) is 0 Å². The first kappa shape index (κ1) is 10.8. The molecule has 1 unspecified atom stereocenters. The predicted octanol–water partition coefficient (Wildman–Crippen LogP) is -0.424. The predicted molar refractivity (Wildman–Crippen MR) is 67.7 cm³/mol. The lowest BCUT2D eigenvalue weighted by Gasteiger charge is -2.36. The monoisotopic (exact) mass is 201 g/mol. The van der Waals surface area contributed by atoms with E-state index in [-0.39, 0.29) is 11.4 Å². The quantitative estimate of drug-likeness (QED) is 0.622. The van der Waals surface area contributed by atoms with E-state index < -0.39 is 0 Å². The Labute approximate surface area is 93.2 Å². The molecule has 1 N–H and O–H groups in total. The van der Waals surface area contributed by atoms with Crippen molar-refractivity contribution >= 4 is 15.7 Å². The number of morpholine rings is 1. The van der Waals surface area contributed by atoms with Crippen LogP contribution in [-0.2, 0) is 4.74 Å². The zero-order valence-corrected chi connectivity index (χ0v) is 9.71. The Morgan fingerprint density at radius 3 is 2.87 bits per heavy atom. The third-order valence-corrected chi connectivity index (χ3v) is 2.83. The Balaban J connectivity index is 2.08. The lowest BCUT2D eigenvalue weighted by molar-refractivity contribution is 0.0100. The summed E-state index contributed by atoms with van der Waals surface area (Å²) in [5.41, 5.74) is 2.57. The second kappa shape index (κ2) is 4.03. The van der Waals surface area contributed by atoms with Crippen molar-refractivity contribution in [3.05, 3.63) is 35.4 Å². The molecule has 1 aliphatic rings. The average Bonchev–Trinajstić information content (AvgIpc) is 2.17. The summed E-state index contributed by atoms with van der Waals surface area (Å²) in [5, 5.41) is 3.61. The van der Waals surface area contributed by atoms with E-state index in [2.05, 4.69) is 52.2 Å². The van der Waals surface area contributed by atoms with Gasteiger partial charge in [-0.1, -0.05) is 29.8 Å². The highest BCUT2D eigenvalue weighted by molar-refractivity contribution is 6.40. The fraction of sp³-hybridized carbons (Fsp3) is 0.455. The Kier molecular flexibility index (Phi) is 2.89. The summed E-state index contributed by atoms with van der Waals surface area (Å²) in [6.07, 6.45) is 0.206. The number of ether oxygens (including phenoxy) is 1. The largest absolute Gasteiger partial charge is 0.372 e. The molecule has 1 fully saturated rings. The minimum absolute atomic E-state index is 0.111. The minimum Gasteiger partial charge on any atom is -0.372 e. The molecular weight excluding hydrogens is 184 g/mol. The molecule has 1 atom stereocenters. The first-order valence-corrected chi connectivity index (χ1v) is 5.50. The fourth-order valence-corrected chi connectivity index (χ4v) is 1.87. The van der Waals surface area contributed by atoms with Crippen LogP contribution in [-0.4, -0.2) is 34.2 Å². The van der Waals surface area contributed by atoms with E-state index in [9.17, 15) is 0 Å². The average molecular weight is 201 g/mol. The summed E-state index contributed by atoms with van der Waals surface area (Å²) in [5.74, 6) is 0. The Morgan fingerprint density at radius 2 is 2.27 bits per heavy atom. The standard InChI is InChI=1S/C11H17B2NO/c1-8-3-2-4-9(5-8)10-6-14-11(12,13)7-15-10/h2-5,10,14H,6-7,12-13H2,1H3. The molecule has 0 bridgehead atoms. The first-order valence-electron chi connectivity index (χ1n) is 5.50. The van der Waals surface area contributed by atoms with Gasteiger partial charge in [-0.05, 0) is 17.8 Å². The SMILES string of the molecule is BC1(B)COC(c2cccc(C)c2)CN1. The molecule has 0 radical (unpaired) electrons. The number of hydrogen-bond acceptors (Lipinski definition) is 2. The molecule has 1 heterocycles. The van der Waals surface area contributed by atoms with Gasteiger partial charge in [0.05, 0.1) is 12.7 Å². The van der Waals surface area contributed by atoms with Crippen molar-refractivity contribution in [3.63, 3.8) is 0 Å². The van der Waals surface area contributed by atoms with Crippen LogP contribution in [0.3, 0.4) is 0 Å². The molecular formula is C11H17B2NO. The lowest BCUT2D eigenvalue weighted by atomic mass is 9.62. The molecule has 1 aromatic carbocycles. The van der Waals surface area contributed by atoms with E-state index in [4.69, 9.17) is 4.74 Å².